The monoisotopic (exact) mass is 276 g/mol. The van der Waals surface area contributed by atoms with Gasteiger partial charge >= 0.3 is 0 Å². The Balaban J connectivity index is 1.81. The van der Waals surface area contributed by atoms with E-state index in [2.05, 4.69) is 5.32 Å². The van der Waals surface area contributed by atoms with Crippen LogP contribution < -0.4 is 11.1 Å². The highest BCUT2D eigenvalue weighted by Gasteiger charge is 2.07. The summed E-state index contributed by atoms with van der Waals surface area (Å²) in [6.45, 7) is 1.08. The van der Waals surface area contributed by atoms with Gasteiger partial charge in [-0.3, -0.25) is 4.79 Å². The Kier molecular flexibility index (Phi) is 4.68. The van der Waals surface area contributed by atoms with Gasteiger partial charge in [0.25, 0.3) is 0 Å². The van der Waals surface area contributed by atoms with E-state index in [1.165, 1.54) is 11.3 Å². The number of hydrogen-bond donors (Lipinski definition) is 3. The SMILES string of the molecule is NC(=O)c1csc(CNCC(O)c2ccccc2)c1. The molecule has 1 unspecified atom stereocenters. The van der Waals surface area contributed by atoms with E-state index in [1.807, 2.05) is 30.3 Å². The van der Waals surface area contributed by atoms with Gasteiger partial charge < -0.3 is 16.2 Å². The van der Waals surface area contributed by atoms with Gasteiger partial charge in [0.1, 0.15) is 0 Å². The third-order valence-electron chi connectivity index (χ3n) is 2.76. The van der Waals surface area contributed by atoms with Gasteiger partial charge in [-0.1, -0.05) is 30.3 Å². The maximum atomic E-state index is 10.9. The lowest BCUT2D eigenvalue weighted by molar-refractivity contribution is 0.100. The van der Waals surface area contributed by atoms with Crippen LogP contribution in [0, 0.1) is 0 Å². The zero-order valence-corrected chi connectivity index (χ0v) is 11.2. The summed E-state index contributed by atoms with van der Waals surface area (Å²) in [7, 11) is 0. The van der Waals surface area contributed by atoms with Gasteiger partial charge in [0.15, 0.2) is 0 Å². The maximum Gasteiger partial charge on any atom is 0.249 e. The fourth-order valence-electron chi connectivity index (χ4n) is 1.73. The average molecular weight is 276 g/mol. The third-order valence-corrected chi connectivity index (χ3v) is 3.70. The molecule has 0 saturated heterocycles. The van der Waals surface area contributed by atoms with Crippen molar-refractivity contribution < 1.29 is 9.90 Å². The van der Waals surface area contributed by atoms with E-state index in [9.17, 15) is 9.90 Å². The van der Waals surface area contributed by atoms with Crippen LogP contribution in [0.2, 0.25) is 0 Å². The number of rotatable bonds is 6. The molecule has 0 aliphatic rings. The maximum absolute atomic E-state index is 10.9. The summed E-state index contributed by atoms with van der Waals surface area (Å²) >= 11 is 1.48. The van der Waals surface area contributed by atoms with Gasteiger partial charge in [-0.15, -0.1) is 11.3 Å². The minimum absolute atomic E-state index is 0.410. The van der Waals surface area contributed by atoms with Crippen LogP contribution in [-0.2, 0) is 6.54 Å². The molecule has 0 bridgehead atoms. The Labute approximate surface area is 115 Å². The normalized spacial score (nSPS) is 12.3. The average Bonchev–Trinajstić information content (AvgIpc) is 2.89. The number of hydrogen-bond acceptors (Lipinski definition) is 4. The lowest BCUT2D eigenvalue weighted by Crippen LogP contribution is -2.20. The molecule has 1 heterocycles. The molecule has 0 saturated carbocycles. The van der Waals surface area contributed by atoms with Crippen molar-refractivity contribution >= 4 is 17.2 Å². The molecule has 0 fully saturated rings. The third kappa shape index (κ3) is 3.89. The standard InChI is InChI=1S/C14H16N2O2S/c15-14(18)11-6-12(19-9-11)7-16-8-13(17)10-4-2-1-3-5-10/h1-6,9,13,16-17H,7-8H2,(H2,15,18). The van der Waals surface area contributed by atoms with Crippen LogP contribution in [0.15, 0.2) is 41.8 Å². The second kappa shape index (κ2) is 6.47. The van der Waals surface area contributed by atoms with E-state index in [0.717, 1.165) is 10.4 Å². The van der Waals surface area contributed by atoms with E-state index in [-0.39, 0.29) is 0 Å². The molecule has 100 valence electrons. The Hall–Kier alpha value is -1.69. The molecule has 1 atom stereocenters. The number of nitrogens with one attached hydrogen (secondary N) is 1. The first-order chi connectivity index (χ1) is 9.16. The summed E-state index contributed by atoms with van der Waals surface area (Å²) in [5.74, 6) is -0.410. The number of aliphatic hydroxyl groups excluding tert-OH is 1. The first-order valence-electron chi connectivity index (χ1n) is 5.98. The zero-order chi connectivity index (χ0) is 13.7. The molecule has 0 radical (unpaired) electrons. The number of carbonyl (C=O) groups excluding carboxylic acids is 1. The molecule has 0 spiro atoms. The van der Waals surface area contributed by atoms with Crippen LogP contribution in [0.1, 0.15) is 26.9 Å². The number of thiophene rings is 1. The molecule has 0 aliphatic carbocycles. The first-order valence-corrected chi connectivity index (χ1v) is 6.85. The summed E-state index contributed by atoms with van der Waals surface area (Å²) in [6.07, 6.45) is -0.531. The number of amides is 1. The summed E-state index contributed by atoms with van der Waals surface area (Å²) in [5.41, 5.74) is 6.61. The molecule has 5 heteroatoms. The fourth-order valence-corrected chi connectivity index (χ4v) is 2.57. The Morgan fingerprint density at radius 3 is 2.74 bits per heavy atom. The van der Waals surface area contributed by atoms with E-state index < -0.39 is 12.0 Å². The van der Waals surface area contributed by atoms with Gasteiger partial charge in [0.05, 0.1) is 11.7 Å². The van der Waals surface area contributed by atoms with Crippen molar-refractivity contribution in [1.82, 2.24) is 5.32 Å². The molecule has 0 aliphatic heterocycles. The van der Waals surface area contributed by atoms with Gasteiger partial charge in [-0.25, -0.2) is 0 Å². The smallest absolute Gasteiger partial charge is 0.249 e. The molecule has 1 aromatic carbocycles. The van der Waals surface area contributed by atoms with Crippen molar-refractivity contribution in [3.05, 3.63) is 57.8 Å². The Bertz CT molecular complexity index is 539. The van der Waals surface area contributed by atoms with E-state index >= 15 is 0 Å². The van der Waals surface area contributed by atoms with Crippen LogP contribution in [0.4, 0.5) is 0 Å². The number of primary amides is 1. The zero-order valence-electron chi connectivity index (χ0n) is 10.4. The fraction of sp³-hybridized carbons (Fsp3) is 0.214. The van der Waals surface area contributed by atoms with Crippen LogP contribution in [0.5, 0.6) is 0 Å². The van der Waals surface area contributed by atoms with Crippen molar-refractivity contribution in [3.8, 4) is 0 Å². The lowest BCUT2D eigenvalue weighted by Gasteiger charge is -2.11. The number of benzene rings is 1. The summed E-state index contributed by atoms with van der Waals surface area (Å²) in [5, 5.41) is 14.9. The molecule has 1 amide bonds. The van der Waals surface area contributed by atoms with Gasteiger partial charge in [-0.2, -0.15) is 0 Å². The molecular formula is C14H16N2O2S. The summed E-state index contributed by atoms with van der Waals surface area (Å²) < 4.78 is 0. The van der Waals surface area contributed by atoms with Crippen molar-refractivity contribution in [2.75, 3.05) is 6.54 Å². The van der Waals surface area contributed by atoms with Crippen molar-refractivity contribution in [1.29, 1.82) is 0 Å². The van der Waals surface area contributed by atoms with E-state index in [0.29, 0.717) is 18.7 Å². The molecular weight excluding hydrogens is 260 g/mol. The molecule has 1 aromatic heterocycles. The predicted molar refractivity (Wildman–Crippen MR) is 75.9 cm³/mol. The minimum atomic E-state index is -0.531. The van der Waals surface area contributed by atoms with Crippen molar-refractivity contribution in [2.24, 2.45) is 5.73 Å². The van der Waals surface area contributed by atoms with E-state index in [4.69, 9.17) is 5.73 Å². The van der Waals surface area contributed by atoms with Crippen LogP contribution in [-0.4, -0.2) is 17.6 Å². The van der Waals surface area contributed by atoms with Gasteiger partial charge in [0, 0.05) is 23.3 Å². The molecule has 2 rings (SSSR count). The molecule has 4 N–H and O–H groups in total. The minimum Gasteiger partial charge on any atom is -0.387 e. The first kappa shape index (κ1) is 13.7. The summed E-state index contributed by atoms with van der Waals surface area (Å²) in [4.78, 5) is 12.0. The molecule has 19 heavy (non-hydrogen) atoms. The highest BCUT2D eigenvalue weighted by atomic mass is 32.1. The van der Waals surface area contributed by atoms with Crippen molar-refractivity contribution in [3.63, 3.8) is 0 Å². The van der Waals surface area contributed by atoms with Crippen LogP contribution in [0.25, 0.3) is 0 Å². The van der Waals surface area contributed by atoms with Gasteiger partial charge in [-0.05, 0) is 11.6 Å². The largest absolute Gasteiger partial charge is 0.387 e. The quantitative estimate of drug-likeness (QED) is 0.751. The van der Waals surface area contributed by atoms with E-state index in [1.54, 1.807) is 11.4 Å². The summed E-state index contributed by atoms with van der Waals surface area (Å²) in [6, 6.07) is 11.3. The predicted octanol–water partition coefficient (Wildman–Crippen LogP) is 1.67. The van der Waals surface area contributed by atoms with Crippen LogP contribution in [0.3, 0.4) is 0 Å². The topological polar surface area (TPSA) is 75.4 Å². The van der Waals surface area contributed by atoms with Gasteiger partial charge in [0.2, 0.25) is 5.91 Å². The van der Waals surface area contributed by atoms with Crippen molar-refractivity contribution in [2.45, 2.75) is 12.6 Å². The second-order valence-electron chi connectivity index (χ2n) is 4.22. The second-order valence-corrected chi connectivity index (χ2v) is 5.22. The number of carbonyl (C=O) groups is 1. The highest BCUT2D eigenvalue weighted by molar-refractivity contribution is 7.10. The highest BCUT2D eigenvalue weighted by Crippen LogP contribution is 2.15. The number of aliphatic hydroxyl groups is 1. The molecule has 2 aromatic rings. The van der Waals surface area contributed by atoms with Crippen LogP contribution >= 0.6 is 11.3 Å². The molecule has 4 nitrogen and oxygen atoms in total. The Morgan fingerprint density at radius 1 is 1.37 bits per heavy atom. The lowest BCUT2D eigenvalue weighted by atomic mass is 10.1. The Morgan fingerprint density at radius 2 is 2.11 bits per heavy atom. The number of nitrogens with two attached hydrogens (primary N) is 1.